The molecular formula is C11H14O. The SMILES string of the molecule is Cc1cccc2c1C(C)(C)CO2. The predicted molar refractivity (Wildman–Crippen MR) is 49.7 cm³/mol. The van der Waals surface area contributed by atoms with E-state index in [-0.39, 0.29) is 5.41 Å². The summed E-state index contributed by atoms with van der Waals surface area (Å²) in [4.78, 5) is 0. The fraction of sp³-hybridized carbons (Fsp3) is 0.455. The van der Waals surface area contributed by atoms with Crippen molar-refractivity contribution < 1.29 is 4.74 Å². The standard InChI is InChI=1S/C11H14O/c1-8-5-4-6-9-10(8)11(2,3)7-12-9/h4-6H,7H2,1-3H3. The molecule has 0 saturated carbocycles. The van der Waals surface area contributed by atoms with E-state index in [4.69, 9.17) is 4.74 Å². The number of hydrogen-bond acceptors (Lipinski definition) is 1. The van der Waals surface area contributed by atoms with Crippen molar-refractivity contribution in [3.63, 3.8) is 0 Å². The second-order valence-corrected chi connectivity index (χ2v) is 4.12. The Bertz CT molecular complexity index is 313. The molecule has 64 valence electrons. The summed E-state index contributed by atoms with van der Waals surface area (Å²) in [6.45, 7) is 7.42. The molecule has 1 heteroatoms. The molecule has 1 aliphatic rings. The Morgan fingerprint density at radius 2 is 2.08 bits per heavy atom. The summed E-state index contributed by atoms with van der Waals surface area (Å²) in [5.74, 6) is 1.07. The van der Waals surface area contributed by atoms with Crippen molar-refractivity contribution in [2.45, 2.75) is 26.2 Å². The molecule has 0 aliphatic carbocycles. The molecule has 1 heterocycles. The average Bonchev–Trinajstić information content (AvgIpc) is 2.29. The van der Waals surface area contributed by atoms with Gasteiger partial charge in [0, 0.05) is 11.0 Å². The molecule has 0 radical (unpaired) electrons. The second kappa shape index (κ2) is 2.25. The molecule has 0 amide bonds. The van der Waals surface area contributed by atoms with Gasteiger partial charge in [0.15, 0.2) is 0 Å². The van der Waals surface area contributed by atoms with E-state index >= 15 is 0 Å². The number of benzene rings is 1. The van der Waals surface area contributed by atoms with Crippen LogP contribution in [0.3, 0.4) is 0 Å². The van der Waals surface area contributed by atoms with Crippen molar-refractivity contribution in [1.29, 1.82) is 0 Å². The molecule has 1 aromatic carbocycles. The van der Waals surface area contributed by atoms with Crippen LogP contribution in [-0.2, 0) is 5.41 Å². The zero-order chi connectivity index (χ0) is 8.77. The first-order valence-electron chi connectivity index (χ1n) is 4.34. The molecule has 0 N–H and O–H groups in total. The number of ether oxygens (including phenoxy) is 1. The second-order valence-electron chi connectivity index (χ2n) is 4.12. The minimum Gasteiger partial charge on any atom is -0.492 e. The molecule has 1 aromatic rings. The Hall–Kier alpha value is -0.980. The number of rotatable bonds is 0. The maximum Gasteiger partial charge on any atom is 0.123 e. The van der Waals surface area contributed by atoms with Gasteiger partial charge in [0.2, 0.25) is 0 Å². The van der Waals surface area contributed by atoms with Gasteiger partial charge in [-0.2, -0.15) is 0 Å². The Labute approximate surface area is 73.4 Å². The maximum absolute atomic E-state index is 5.59. The van der Waals surface area contributed by atoms with E-state index < -0.39 is 0 Å². The molecule has 0 bridgehead atoms. The molecule has 2 rings (SSSR count). The first kappa shape index (κ1) is 7.66. The van der Waals surface area contributed by atoms with Crippen LogP contribution in [0.4, 0.5) is 0 Å². The largest absolute Gasteiger partial charge is 0.492 e. The van der Waals surface area contributed by atoms with Crippen molar-refractivity contribution in [1.82, 2.24) is 0 Å². The molecule has 0 saturated heterocycles. The topological polar surface area (TPSA) is 9.23 Å². The van der Waals surface area contributed by atoms with Crippen LogP contribution in [0.1, 0.15) is 25.0 Å². The van der Waals surface area contributed by atoms with Gasteiger partial charge in [0.1, 0.15) is 5.75 Å². The number of fused-ring (bicyclic) bond motifs is 1. The van der Waals surface area contributed by atoms with Crippen LogP contribution < -0.4 is 4.74 Å². The molecule has 12 heavy (non-hydrogen) atoms. The van der Waals surface area contributed by atoms with Gasteiger partial charge in [-0.25, -0.2) is 0 Å². The Balaban J connectivity index is 2.64. The van der Waals surface area contributed by atoms with Gasteiger partial charge in [-0.1, -0.05) is 26.0 Å². The van der Waals surface area contributed by atoms with Crippen molar-refractivity contribution in [3.05, 3.63) is 29.3 Å². The van der Waals surface area contributed by atoms with E-state index in [1.807, 2.05) is 0 Å². The van der Waals surface area contributed by atoms with Crippen molar-refractivity contribution in [2.24, 2.45) is 0 Å². The molecule has 1 aliphatic heterocycles. The summed E-state index contributed by atoms with van der Waals surface area (Å²) in [7, 11) is 0. The summed E-state index contributed by atoms with van der Waals surface area (Å²) in [6.07, 6.45) is 0. The summed E-state index contributed by atoms with van der Waals surface area (Å²) >= 11 is 0. The van der Waals surface area contributed by atoms with Crippen LogP contribution in [0, 0.1) is 6.92 Å². The van der Waals surface area contributed by atoms with Crippen molar-refractivity contribution in [3.8, 4) is 5.75 Å². The van der Waals surface area contributed by atoms with Gasteiger partial charge in [-0.05, 0) is 18.6 Å². The molecule has 0 atom stereocenters. The fourth-order valence-electron chi connectivity index (χ4n) is 1.96. The Morgan fingerprint density at radius 3 is 2.75 bits per heavy atom. The third-order valence-electron chi connectivity index (χ3n) is 2.50. The zero-order valence-electron chi connectivity index (χ0n) is 7.85. The first-order valence-corrected chi connectivity index (χ1v) is 4.34. The number of aryl methyl sites for hydroxylation is 1. The van der Waals surface area contributed by atoms with E-state index in [1.165, 1.54) is 11.1 Å². The summed E-state index contributed by atoms with van der Waals surface area (Å²) in [6, 6.07) is 6.25. The van der Waals surface area contributed by atoms with Crippen LogP contribution in [0.15, 0.2) is 18.2 Å². The lowest BCUT2D eigenvalue weighted by Gasteiger charge is -2.16. The van der Waals surface area contributed by atoms with Gasteiger partial charge >= 0.3 is 0 Å². The van der Waals surface area contributed by atoms with Gasteiger partial charge in [-0.3, -0.25) is 0 Å². The monoisotopic (exact) mass is 162 g/mol. The quantitative estimate of drug-likeness (QED) is 0.570. The van der Waals surface area contributed by atoms with Crippen molar-refractivity contribution >= 4 is 0 Å². The predicted octanol–water partition coefficient (Wildman–Crippen LogP) is 2.67. The highest BCUT2D eigenvalue weighted by atomic mass is 16.5. The molecule has 0 spiro atoms. The highest BCUT2D eigenvalue weighted by molar-refractivity contribution is 5.47. The summed E-state index contributed by atoms with van der Waals surface area (Å²) in [5.41, 5.74) is 2.92. The third kappa shape index (κ3) is 0.927. The molecule has 0 fully saturated rings. The summed E-state index contributed by atoms with van der Waals surface area (Å²) in [5, 5.41) is 0. The smallest absolute Gasteiger partial charge is 0.123 e. The van der Waals surface area contributed by atoms with Gasteiger partial charge in [-0.15, -0.1) is 0 Å². The fourth-order valence-corrected chi connectivity index (χ4v) is 1.96. The molecule has 0 aromatic heterocycles. The van der Waals surface area contributed by atoms with Crippen LogP contribution >= 0.6 is 0 Å². The van der Waals surface area contributed by atoms with Crippen LogP contribution in [0.2, 0.25) is 0 Å². The van der Waals surface area contributed by atoms with E-state index in [0.29, 0.717) is 0 Å². The van der Waals surface area contributed by atoms with E-state index in [9.17, 15) is 0 Å². The van der Waals surface area contributed by atoms with Crippen LogP contribution in [-0.4, -0.2) is 6.61 Å². The highest BCUT2D eigenvalue weighted by Gasteiger charge is 2.32. The lowest BCUT2D eigenvalue weighted by Crippen LogP contribution is -2.19. The minimum absolute atomic E-state index is 0.195. The average molecular weight is 162 g/mol. The zero-order valence-corrected chi connectivity index (χ0v) is 7.85. The van der Waals surface area contributed by atoms with Crippen LogP contribution in [0.5, 0.6) is 5.75 Å². The lowest BCUT2D eigenvalue weighted by atomic mass is 9.84. The van der Waals surface area contributed by atoms with Gasteiger partial charge in [0.25, 0.3) is 0 Å². The molecule has 1 nitrogen and oxygen atoms in total. The van der Waals surface area contributed by atoms with E-state index in [0.717, 1.165) is 12.4 Å². The first-order chi connectivity index (χ1) is 5.61. The Kier molecular flexibility index (Phi) is 1.44. The highest BCUT2D eigenvalue weighted by Crippen LogP contribution is 2.39. The Morgan fingerprint density at radius 1 is 1.33 bits per heavy atom. The maximum atomic E-state index is 5.59. The molecular weight excluding hydrogens is 148 g/mol. The lowest BCUT2D eigenvalue weighted by molar-refractivity contribution is 0.291. The number of hydrogen-bond donors (Lipinski definition) is 0. The van der Waals surface area contributed by atoms with Gasteiger partial charge < -0.3 is 4.74 Å². The van der Waals surface area contributed by atoms with Crippen LogP contribution in [0.25, 0.3) is 0 Å². The summed E-state index contributed by atoms with van der Waals surface area (Å²) < 4.78 is 5.59. The normalized spacial score (nSPS) is 18.6. The van der Waals surface area contributed by atoms with Gasteiger partial charge in [0.05, 0.1) is 6.61 Å². The molecule has 0 unspecified atom stereocenters. The van der Waals surface area contributed by atoms with E-state index in [2.05, 4.69) is 39.0 Å². The minimum atomic E-state index is 0.195. The third-order valence-corrected chi connectivity index (χ3v) is 2.50. The van der Waals surface area contributed by atoms with E-state index in [1.54, 1.807) is 0 Å². The van der Waals surface area contributed by atoms with Crippen molar-refractivity contribution in [2.75, 3.05) is 6.61 Å².